The van der Waals surface area contributed by atoms with Crippen LogP contribution in [-0.2, 0) is 16.1 Å². The first-order chi connectivity index (χ1) is 11.4. The minimum atomic E-state index is -0.331. The lowest BCUT2D eigenvalue weighted by molar-refractivity contribution is -0.143. The number of nitrogens with zero attached hydrogens (tertiary/aromatic N) is 2. The molecule has 5 nitrogen and oxygen atoms in total. The number of benzene rings is 1. The van der Waals surface area contributed by atoms with Crippen LogP contribution in [0.5, 0.6) is 5.75 Å². The number of rotatable bonds is 5. The number of amides is 2. The minimum Gasteiger partial charge on any atom is -0.494 e. The number of thioether (sulfide) groups is 1. The number of hydrogen-bond donors (Lipinski definition) is 0. The van der Waals surface area contributed by atoms with Gasteiger partial charge in [0.15, 0.2) is 0 Å². The van der Waals surface area contributed by atoms with Gasteiger partial charge in [0, 0.05) is 25.8 Å². The molecule has 2 atom stereocenters. The van der Waals surface area contributed by atoms with E-state index in [0.29, 0.717) is 25.3 Å². The zero-order valence-corrected chi connectivity index (χ0v) is 15.3. The maximum Gasteiger partial charge on any atom is 0.246 e. The first-order valence-electron chi connectivity index (χ1n) is 8.37. The molecule has 2 aliphatic rings. The van der Waals surface area contributed by atoms with E-state index < -0.39 is 0 Å². The lowest BCUT2D eigenvalue weighted by Gasteiger charge is -2.32. The maximum absolute atomic E-state index is 12.8. The Kier molecular flexibility index (Phi) is 4.76. The Labute approximate surface area is 147 Å². The molecule has 1 aromatic carbocycles. The highest BCUT2D eigenvalue weighted by atomic mass is 32.2. The summed E-state index contributed by atoms with van der Waals surface area (Å²) in [5.74, 6) is 1.65. The molecule has 0 spiro atoms. The van der Waals surface area contributed by atoms with Crippen molar-refractivity contribution in [2.45, 2.75) is 44.1 Å². The normalized spacial score (nSPS) is 25.7. The maximum atomic E-state index is 12.8. The Morgan fingerprint density at radius 3 is 2.79 bits per heavy atom. The molecule has 3 rings (SSSR count). The van der Waals surface area contributed by atoms with Gasteiger partial charge < -0.3 is 14.5 Å². The molecule has 24 heavy (non-hydrogen) atoms. The van der Waals surface area contributed by atoms with Gasteiger partial charge in [-0.1, -0.05) is 12.1 Å². The molecule has 1 aromatic rings. The molecule has 0 aliphatic carbocycles. The average molecular weight is 348 g/mol. The highest BCUT2D eigenvalue weighted by molar-refractivity contribution is 8.01. The van der Waals surface area contributed by atoms with E-state index in [2.05, 4.69) is 6.92 Å². The molecule has 2 amide bonds. The van der Waals surface area contributed by atoms with Gasteiger partial charge in [-0.3, -0.25) is 9.59 Å². The van der Waals surface area contributed by atoms with Gasteiger partial charge in [0.2, 0.25) is 11.8 Å². The van der Waals surface area contributed by atoms with Gasteiger partial charge in [-0.05, 0) is 38.0 Å². The quantitative estimate of drug-likeness (QED) is 0.820. The van der Waals surface area contributed by atoms with Gasteiger partial charge in [0.05, 0.1) is 11.5 Å². The average Bonchev–Trinajstić information content (AvgIpc) is 3.05. The molecule has 0 bridgehead atoms. The van der Waals surface area contributed by atoms with Crippen LogP contribution in [0, 0.1) is 0 Å². The monoisotopic (exact) mass is 348 g/mol. The van der Waals surface area contributed by atoms with E-state index in [1.165, 1.54) is 0 Å². The summed E-state index contributed by atoms with van der Waals surface area (Å²) in [5.41, 5.74) is 1.05. The first kappa shape index (κ1) is 17.1. The molecule has 2 aliphatic heterocycles. The predicted molar refractivity (Wildman–Crippen MR) is 94.8 cm³/mol. The molecule has 6 heteroatoms. The van der Waals surface area contributed by atoms with Crippen molar-refractivity contribution in [3.05, 3.63) is 29.8 Å². The van der Waals surface area contributed by atoms with Crippen molar-refractivity contribution in [3.63, 3.8) is 0 Å². The van der Waals surface area contributed by atoms with Crippen LogP contribution in [0.4, 0.5) is 0 Å². The van der Waals surface area contributed by atoms with Crippen molar-refractivity contribution in [2.75, 3.05) is 19.4 Å². The number of hydrogen-bond acceptors (Lipinski definition) is 4. The number of carbonyl (C=O) groups is 2. The predicted octanol–water partition coefficient (Wildman–Crippen LogP) is 2.50. The number of ether oxygens (including phenoxy) is 1. The van der Waals surface area contributed by atoms with E-state index in [9.17, 15) is 9.59 Å². The Hall–Kier alpha value is -1.69. The molecule has 2 fully saturated rings. The van der Waals surface area contributed by atoms with E-state index in [0.717, 1.165) is 17.7 Å². The van der Waals surface area contributed by atoms with E-state index in [1.54, 1.807) is 23.7 Å². The van der Waals surface area contributed by atoms with Crippen LogP contribution >= 0.6 is 11.8 Å². The summed E-state index contributed by atoms with van der Waals surface area (Å²) in [6, 6.07) is 7.46. The van der Waals surface area contributed by atoms with Crippen molar-refractivity contribution in [3.8, 4) is 5.75 Å². The topological polar surface area (TPSA) is 49.9 Å². The molecule has 130 valence electrons. The second kappa shape index (κ2) is 6.67. The van der Waals surface area contributed by atoms with Crippen LogP contribution < -0.4 is 4.74 Å². The number of fused-ring (bicyclic) bond motifs is 1. The van der Waals surface area contributed by atoms with Crippen LogP contribution in [0.15, 0.2) is 24.3 Å². The summed E-state index contributed by atoms with van der Waals surface area (Å²) in [6.45, 7) is 5.19. The summed E-state index contributed by atoms with van der Waals surface area (Å²) in [5, 5.41) is 0. The molecule has 0 saturated carbocycles. The third-order valence-corrected chi connectivity index (χ3v) is 6.27. The molecular weight excluding hydrogens is 324 g/mol. The zero-order valence-electron chi connectivity index (χ0n) is 14.4. The molecule has 2 saturated heterocycles. The van der Waals surface area contributed by atoms with Crippen LogP contribution in [0.3, 0.4) is 0 Å². The van der Waals surface area contributed by atoms with Gasteiger partial charge in [-0.25, -0.2) is 0 Å². The summed E-state index contributed by atoms with van der Waals surface area (Å²) in [6.07, 6.45) is 1.39. The second-order valence-corrected chi connectivity index (χ2v) is 8.04. The first-order valence-corrected chi connectivity index (χ1v) is 9.36. The molecule has 0 radical (unpaired) electrons. The minimum absolute atomic E-state index is 0.0235. The SMILES string of the molecule is CCOc1ccc(CN(C)C(=O)C2CSC3(C)CCC(=O)N23)cc1. The van der Waals surface area contributed by atoms with Gasteiger partial charge in [0.1, 0.15) is 11.8 Å². The van der Waals surface area contributed by atoms with Crippen LogP contribution in [0.25, 0.3) is 0 Å². The van der Waals surface area contributed by atoms with E-state index >= 15 is 0 Å². The van der Waals surface area contributed by atoms with Crippen molar-refractivity contribution in [1.82, 2.24) is 9.80 Å². The Bertz CT molecular complexity index is 634. The Balaban J connectivity index is 1.65. The summed E-state index contributed by atoms with van der Waals surface area (Å²) >= 11 is 1.73. The largest absolute Gasteiger partial charge is 0.494 e. The van der Waals surface area contributed by atoms with Gasteiger partial charge >= 0.3 is 0 Å². The zero-order chi connectivity index (χ0) is 17.3. The van der Waals surface area contributed by atoms with Gasteiger partial charge in [-0.2, -0.15) is 0 Å². The third kappa shape index (κ3) is 3.11. The lowest BCUT2D eigenvalue weighted by atomic mass is 10.1. The number of likely N-dealkylation sites (N-methyl/N-ethyl adjacent to an activating group) is 1. The van der Waals surface area contributed by atoms with Crippen molar-refractivity contribution < 1.29 is 14.3 Å². The fourth-order valence-corrected chi connectivity index (χ4v) is 4.89. The summed E-state index contributed by atoms with van der Waals surface area (Å²) in [7, 11) is 1.81. The number of carbonyl (C=O) groups excluding carboxylic acids is 2. The Morgan fingerprint density at radius 1 is 1.42 bits per heavy atom. The second-order valence-electron chi connectivity index (χ2n) is 6.54. The fraction of sp³-hybridized carbons (Fsp3) is 0.556. The summed E-state index contributed by atoms with van der Waals surface area (Å²) in [4.78, 5) is 28.4. The molecule has 0 aromatic heterocycles. The highest BCUT2D eigenvalue weighted by Gasteiger charge is 2.53. The van der Waals surface area contributed by atoms with Crippen molar-refractivity contribution >= 4 is 23.6 Å². The molecule has 2 unspecified atom stereocenters. The van der Waals surface area contributed by atoms with Crippen LogP contribution in [-0.4, -0.2) is 51.9 Å². The van der Waals surface area contributed by atoms with E-state index in [4.69, 9.17) is 4.74 Å². The molecule has 0 N–H and O–H groups in total. The van der Waals surface area contributed by atoms with Gasteiger partial charge in [0.25, 0.3) is 0 Å². The lowest BCUT2D eigenvalue weighted by Crippen LogP contribution is -2.50. The van der Waals surface area contributed by atoms with Crippen molar-refractivity contribution in [1.29, 1.82) is 0 Å². The highest BCUT2D eigenvalue weighted by Crippen LogP contribution is 2.47. The van der Waals surface area contributed by atoms with Crippen molar-refractivity contribution in [2.24, 2.45) is 0 Å². The Morgan fingerprint density at radius 2 is 2.12 bits per heavy atom. The van der Waals surface area contributed by atoms with Crippen LogP contribution in [0.1, 0.15) is 32.3 Å². The van der Waals surface area contributed by atoms with Crippen LogP contribution in [0.2, 0.25) is 0 Å². The standard InChI is InChI=1S/C18H24N2O3S/c1-4-23-14-7-5-13(6-8-14)11-19(3)17(22)15-12-24-18(2)10-9-16(21)20(15)18/h5-8,15H,4,9-12H2,1-3H3. The van der Waals surface area contributed by atoms with Gasteiger partial charge in [-0.15, -0.1) is 11.8 Å². The third-order valence-electron chi connectivity index (χ3n) is 4.76. The summed E-state index contributed by atoms with van der Waals surface area (Å²) < 4.78 is 5.44. The van der Waals surface area contributed by atoms with E-state index in [-0.39, 0.29) is 22.7 Å². The fourth-order valence-electron chi connectivity index (χ4n) is 3.47. The van der Waals surface area contributed by atoms with E-state index in [1.807, 2.05) is 36.1 Å². The molecular formula is C18H24N2O3S. The molecule has 2 heterocycles. The smallest absolute Gasteiger partial charge is 0.246 e.